The van der Waals surface area contributed by atoms with Gasteiger partial charge in [-0.3, -0.25) is 19.2 Å². The van der Waals surface area contributed by atoms with Gasteiger partial charge in [0.15, 0.2) is 17.5 Å². The van der Waals surface area contributed by atoms with Gasteiger partial charge < -0.3 is 29.6 Å². The van der Waals surface area contributed by atoms with Crippen LogP contribution in [0.5, 0.6) is 5.75 Å². The number of rotatable bonds is 6. The molecule has 4 atom stereocenters. The molecule has 1 saturated heterocycles. The summed E-state index contributed by atoms with van der Waals surface area (Å²) in [6.07, 6.45) is 6.67. The molecular formula is C39H55N4O8Zn-. The second-order valence-electron chi connectivity index (χ2n) is 15.5. The van der Waals surface area contributed by atoms with Gasteiger partial charge >= 0.3 is 11.9 Å². The van der Waals surface area contributed by atoms with E-state index in [1.165, 1.54) is 6.92 Å². The summed E-state index contributed by atoms with van der Waals surface area (Å²) in [4.78, 5) is 64.4. The second kappa shape index (κ2) is 18.0. The van der Waals surface area contributed by atoms with E-state index in [1.54, 1.807) is 17.9 Å². The van der Waals surface area contributed by atoms with Gasteiger partial charge in [0.25, 0.3) is 5.97 Å². The molecule has 0 bridgehead atoms. The topological polar surface area (TPSA) is 169 Å². The molecule has 52 heavy (non-hydrogen) atoms. The number of aliphatic hydroxyl groups excluding tert-OH is 1. The van der Waals surface area contributed by atoms with Crippen LogP contribution in [0, 0.1) is 54.3 Å². The number of nitrogens with zero attached hydrogens (tertiary/aromatic N) is 4. The molecule has 12 nitrogen and oxygen atoms in total. The molecule has 2 N–H and O–H groups in total. The average Bonchev–Trinajstić information content (AvgIpc) is 3.63. The van der Waals surface area contributed by atoms with E-state index in [9.17, 15) is 19.5 Å². The van der Waals surface area contributed by atoms with Crippen molar-refractivity contribution in [1.29, 1.82) is 0 Å². The number of anilines is 1. The molecule has 4 unspecified atom stereocenters. The number of carboxylic acids is 1. The molecule has 2 saturated carbocycles. The molecule has 4 aliphatic rings. The van der Waals surface area contributed by atoms with Crippen molar-refractivity contribution in [2.45, 2.75) is 108 Å². The number of esters is 2. The molecule has 0 spiro atoms. The number of hydrogen-bond donors (Lipinski definition) is 2. The van der Waals surface area contributed by atoms with Crippen LogP contribution in [0.2, 0.25) is 0 Å². The Balaban J connectivity index is 0.00000139. The van der Waals surface area contributed by atoms with E-state index in [1.807, 2.05) is 6.92 Å². The predicted molar refractivity (Wildman–Crippen MR) is 195 cm³/mol. The number of hydrogen-bond acceptors (Lipinski definition) is 8. The summed E-state index contributed by atoms with van der Waals surface area (Å²) in [6, 6.07) is 0. The first kappa shape index (κ1) is 42.8. The van der Waals surface area contributed by atoms with Crippen LogP contribution in [0.25, 0.3) is 6.08 Å². The van der Waals surface area contributed by atoms with Crippen molar-refractivity contribution in [2.75, 3.05) is 11.4 Å². The Morgan fingerprint density at radius 2 is 1.35 bits per heavy atom. The van der Waals surface area contributed by atoms with E-state index < -0.39 is 5.97 Å². The third kappa shape index (κ3) is 9.88. The van der Waals surface area contributed by atoms with E-state index in [4.69, 9.17) is 24.4 Å². The number of amides is 1. The van der Waals surface area contributed by atoms with Crippen molar-refractivity contribution >= 4 is 47.4 Å². The molecular weight excluding hydrogens is 718 g/mol. The number of allylic oxidation sites excluding steroid dienone is 1. The van der Waals surface area contributed by atoms with Crippen LogP contribution in [0.15, 0.2) is 27.0 Å². The van der Waals surface area contributed by atoms with Gasteiger partial charge in [0.2, 0.25) is 0 Å². The quantitative estimate of drug-likeness (QED) is 0.131. The van der Waals surface area contributed by atoms with Crippen LogP contribution in [0.1, 0.15) is 112 Å². The van der Waals surface area contributed by atoms with Crippen LogP contribution in [-0.4, -0.2) is 52.3 Å². The number of aliphatic hydroxyl groups is 1. The van der Waals surface area contributed by atoms with Crippen LogP contribution in [0.4, 0.5) is 5.82 Å². The van der Waals surface area contributed by atoms with Crippen molar-refractivity contribution in [2.24, 2.45) is 57.3 Å². The van der Waals surface area contributed by atoms with E-state index in [2.05, 4.69) is 51.5 Å². The number of ether oxygens (including phenoxy) is 2. The minimum atomic E-state index is -0.833. The molecule has 0 radical (unpaired) electrons. The van der Waals surface area contributed by atoms with Crippen molar-refractivity contribution < 1.29 is 58.3 Å². The van der Waals surface area contributed by atoms with Crippen LogP contribution < -0.4 is 14.6 Å². The Bertz CT molecular complexity index is 1630. The number of carbonyl (C=O) groups excluding carboxylic acids is 3. The molecule has 3 heterocycles. The molecule has 1 aromatic rings. The number of carbonyl (C=O) groups is 4. The summed E-state index contributed by atoms with van der Waals surface area (Å²) in [7, 11) is 0. The first-order valence-electron chi connectivity index (χ1n) is 18.3. The van der Waals surface area contributed by atoms with Crippen LogP contribution in [0.3, 0.4) is 0 Å². The zero-order chi connectivity index (χ0) is 37.9. The summed E-state index contributed by atoms with van der Waals surface area (Å²) in [5.41, 5.74) is 2.12. The number of carboxylic acid groups (broad SMARTS) is 1. The first-order chi connectivity index (χ1) is 23.9. The number of aromatic nitrogens is 1. The van der Waals surface area contributed by atoms with E-state index >= 15 is 0 Å². The van der Waals surface area contributed by atoms with E-state index in [0.29, 0.717) is 65.3 Å². The van der Waals surface area contributed by atoms with Gasteiger partial charge in [0.05, 0.1) is 17.5 Å². The van der Waals surface area contributed by atoms with Crippen LogP contribution in [-0.2, 0) is 43.4 Å². The Hall–Kier alpha value is -3.60. The minimum Gasteiger partial charge on any atom is -0.497 e. The predicted octanol–water partition coefficient (Wildman–Crippen LogP) is 7.26. The maximum Gasteiger partial charge on any atom is 0.315 e. The smallest absolute Gasteiger partial charge is 0.315 e. The van der Waals surface area contributed by atoms with Gasteiger partial charge in [-0.25, -0.2) is 4.99 Å². The first-order valence-corrected chi connectivity index (χ1v) is 18.3. The third-order valence-electron chi connectivity index (χ3n) is 10.7. The maximum absolute atomic E-state index is 13.7. The molecule has 282 valence electrons. The fourth-order valence-corrected chi connectivity index (χ4v) is 8.71. The average molecular weight is 773 g/mol. The van der Waals surface area contributed by atoms with Gasteiger partial charge in [-0.1, -0.05) is 41.5 Å². The molecule has 1 amide bonds. The molecule has 0 aromatic carbocycles. The van der Waals surface area contributed by atoms with Gasteiger partial charge in [0, 0.05) is 45.3 Å². The monoisotopic (exact) mass is 771 g/mol. The maximum atomic E-state index is 13.7. The minimum absolute atomic E-state index is 0. The molecule has 1 aromatic heterocycles. The summed E-state index contributed by atoms with van der Waals surface area (Å²) >= 11 is 0. The summed E-state index contributed by atoms with van der Waals surface area (Å²) in [5.74, 6) is 0.529. The zero-order valence-corrected chi connectivity index (χ0v) is 35.5. The summed E-state index contributed by atoms with van der Waals surface area (Å²) in [6.45, 7) is 19.5. The molecule has 5 rings (SSSR count). The zero-order valence-electron chi connectivity index (χ0n) is 32.5. The number of aliphatic carboxylic acids is 1. The molecule has 3 fully saturated rings. The van der Waals surface area contributed by atoms with Crippen molar-refractivity contribution in [3.8, 4) is 5.75 Å². The van der Waals surface area contributed by atoms with Crippen molar-refractivity contribution in [3.63, 3.8) is 0 Å². The summed E-state index contributed by atoms with van der Waals surface area (Å²) < 4.78 is 12.2. The Kier molecular flexibility index (Phi) is 14.8. The van der Waals surface area contributed by atoms with Gasteiger partial charge in [-0.2, -0.15) is 4.99 Å². The van der Waals surface area contributed by atoms with Gasteiger partial charge in [0.1, 0.15) is 11.7 Å². The Morgan fingerprint density at radius 3 is 1.79 bits per heavy atom. The third-order valence-corrected chi connectivity index (χ3v) is 10.7. The molecule has 13 heteroatoms. The fourth-order valence-electron chi connectivity index (χ4n) is 8.71. The SMILES string of the molecule is CC(=O)O.CC(O)=NC1=N/C(=C\c2[n-]c(N3CCCC3=O)c(OC(=O)C3C(C)CC(C)CC3C)c2C)C(C)=C1OC(=O)C1C(C)CC(C)CC1C.[Zn]. The number of aliphatic imine (C=N–C) groups is 2. The number of amidine groups is 1. The second-order valence-corrected chi connectivity index (χ2v) is 15.5. The van der Waals surface area contributed by atoms with Gasteiger partial charge in [-0.15, -0.1) is 0 Å². The Morgan fingerprint density at radius 1 is 0.865 bits per heavy atom. The molecule has 2 aliphatic carbocycles. The molecule has 2 aliphatic heterocycles. The van der Waals surface area contributed by atoms with E-state index in [-0.39, 0.29) is 90.3 Å². The van der Waals surface area contributed by atoms with Crippen LogP contribution >= 0.6 is 0 Å². The fraction of sp³-hybridized carbons (Fsp3) is 0.641. The largest absolute Gasteiger partial charge is 0.497 e. The van der Waals surface area contributed by atoms with Gasteiger partial charge in [-0.05, 0) is 111 Å². The Labute approximate surface area is 320 Å². The summed E-state index contributed by atoms with van der Waals surface area (Å²) in [5, 5.41) is 17.5. The van der Waals surface area contributed by atoms with E-state index in [0.717, 1.165) is 32.6 Å². The standard InChI is InChI=1S/C37H51N4O6.C2H4O2.Zn/c1-18-13-20(3)30(21(4)14-18)36(44)46-32-24(7)27(39-34(32)38-26(9)42)17-28-25(8)33(35(40-28)41-12-10-11-29(41)43)47-37(45)31-22(5)15-19(2)16-23(31)6;1-2(3)4;/h17-23,30-31H,10-16H2,1-9H3,(H-,38,39,40,42);1H3,(H,3,4);/q-1;;. The van der Waals surface area contributed by atoms with Crippen molar-refractivity contribution in [1.82, 2.24) is 4.98 Å². The van der Waals surface area contributed by atoms with Crippen molar-refractivity contribution in [3.05, 3.63) is 28.3 Å². The normalized spacial score (nSPS) is 30.0.